The van der Waals surface area contributed by atoms with Crippen LogP contribution in [-0.2, 0) is 6.42 Å². The highest BCUT2D eigenvalue weighted by molar-refractivity contribution is 7.10. The molecule has 1 aliphatic heterocycles. The summed E-state index contributed by atoms with van der Waals surface area (Å²) in [5, 5.41) is 5.60. The molecule has 94 valence electrons. The Morgan fingerprint density at radius 1 is 1.47 bits per heavy atom. The molecule has 3 heteroatoms. The molecule has 1 fully saturated rings. The molecule has 2 heterocycles. The van der Waals surface area contributed by atoms with Gasteiger partial charge in [0.2, 0.25) is 0 Å². The van der Waals surface area contributed by atoms with Gasteiger partial charge in [-0.3, -0.25) is 4.90 Å². The van der Waals surface area contributed by atoms with Gasteiger partial charge >= 0.3 is 0 Å². The van der Waals surface area contributed by atoms with Gasteiger partial charge in [0.25, 0.3) is 0 Å². The molecule has 0 bridgehead atoms. The van der Waals surface area contributed by atoms with Gasteiger partial charge in [-0.05, 0) is 68.7 Å². The predicted octanol–water partition coefficient (Wildman–Crippen LogP) is 2.67. The van der Waals surface area contributed by atoms with Gasteiger partial charge in [0.05, 0.1) is 0 Å². The maximum Gasteiger partial charge on any atom is 0.0359 e. The summed E-state index contributed by atoms with van der Waals surface area (Å²) in [5.41, 5.74) is 1.64. The van der Waals surface area contributed by atoms with Crippen molar-refractivity contribution >= 4 is 11.3 Å². The highest BCUT2D eigenvalue weighted by Gasteiger charge is 2.31. The molecule has 0 spiro atoms. The van der Waals surface area contributed by atoms with E-state index in [0.29, 0.717) is 0 Å². The zero-order chi connectivity index (χ0) is 11.7. The van der Waals surface area contributed by atoms with Crippen LogP contribution in [0.4, 0.5) is 0 Å². The molecule has 2 aliphatic rings. The van der Waals surface area contributed by atoms with Crippen molar-refractivity contribution in [2.24, 2.45) is 5.92 Å². The molecule has 1 aromatic heterocycles. The summed E-state index contributed by atoms with van der Waals surface area (Å²) in [6, 6.07) is 3.10. The molecular weight excluding hydrogens is 228 g/mol. The average Bonchev–Trinajstić information content (AvgIpc) is 2.96. The zero-order valence-electron chi connectivity index (χ0n) is 10.6. The Bertz CT molecular complexity index is 374. The Hall–Kier alpha value is -0.380. The monoisotopic (exact) mass is 250 g/mol. The summed E-state index contributed by atoms with van der Waals surface area (Å²) in [6.07, 6.45) is 5.44. The SMILES string of the molecule is CNCC1CCN(C2CCCc3sccc32)C1. The van der Waals surface area contributed by atoms with E-state index in [9.17, 15) is 0 Å². The largest absolute Gasteiger partial charge is 0.319 e. The van der Waals surface area contributed by atoms with Crippen LogP contribution in [0.2, 0.25) is 0 Å². The maximum absolute atomic E-state index is 3.32. The van der Waals surface area contributed by atoms with Gasteiger partial charge in [0.15, 0.2) is 0 Å². The molecule has 17 heavy (non-hydrogen) atoms. The Labute approximate surface area is 108 Å². The number of nitrogens with zero attached hydrogens (tertiary/aromatic N) is 1. The third kappa shape index (κ3) is 2.28. The summed E-state index contributed by atoms with van der Waals surface area (Å²) in [6.45, 7) is 3.77. The van der Waals surface area contributed by atoms with E-state index in [1.807, 2.05) is 11.3 Å². The molecule has 1 N–H and O–H groups in total. The molecule has 3 rings (SSSR count). The molecule has 1 aromatic rings. The minimum absolute atomic E-state index is 0.729. The minimum atomic E-state index is 0.729. The first-order valence-electron chi connectivity index (χ1n) is 6.83. The van der Waals surface area contributed by atoms with Crippen LogP contribution in [0.5, 0.6) is 0 Å². The number of hydrogen-bond donors (Lipinski definition) is 1. The van der Waals surface area contributed by atoms with Crippen molar-refractivity contribution in [3.63, 3.8) is 0 Å². The van der Waals surface area contributed by atoms with E-state index in [2.05, 4.69) is 28.7 Å². The second-order valence-corrected chi connectivity index (χ2v) is 6.42. The maximum atomic E-state index is 3.32. The second kappa shape index (κ2) is 5.09. The van der Waals surface area contributed by atoms with Crippen LogP contribution in [0.15, 0.2) is 11.4 Å². The van der Waals surface area contributed by atoms with Gasteiger partial charge in [0, 0.05) is 17.5 Å². The molecule has 0 saturated carbocycles. The van der Waals surface area contributed by atoms with Crippen molar-refractivity contribution in [1.29, 1.82) is 0 Å². The summed E-state index contributed by atoms with van der Waals surface area (Å²) >= 11 is 1.96. The smallest absolute Gasteiger partial charge is 0.0359 e. The summed E-state index contributed by atoms with van der Waals surface area (Å²) in [7, 11) is 2.07. The molecule has 0 amide bonds. The predicted molar refractivity (Wildman–Crippen MR) is 73.6 cm³/mol. The van der Waals surface area contributed by atoms with E-state index in [1.54, 1.807) is 10.4 Å². The number of aryl methyl sites for hydroxylation is 1. The summed E-state index contributed by atoms with van der Waals surface area (Å²) in [4.78, 5) is 4.38. The van der Waals surface area contributed by atoms with E-state index in [-0.39, 0.29) is 0 Å². The van der Waals surface area contributed by atoms with Crippen LogP contribution in [0.1, 0.15) is 35.7 Å². The lowest BCUT2D eigenvalue weighted by Gasteiger charge is -2.31. The molecule has 1 aliphatic carbocycles. The Balaban J connectivity index is 1.71. The van der Waals surface area contributed by atoms with Crippen LogP contribution < -0.4 is 5.32 Å². The van der Waals surface area contributed by atoms with E-state index >= 15 is 0 Å². The Morgan fingerprint density at radius 3 is 3.29 bits per heavy atom. The zero-order valence-corrected chi connectivity index (χ0v) is 11.4. The third-order valence-corrected chi connectivity index (χ3v) is 5.27. The van der Waals surface area contributed by atoms with Gasteiger partial charge < -0.3 is 5.32 Å². The average molecular weight is 250 g/mol. The molecule has 0 aromatic carbocycles. The van der Waals surface area contributed by atoms with Crippen molar-refractivity contribution in [3.05, 3.63) is 21.9 Å². The number of rotatable bonds is 3. The fourth-order valence-corrected chi connectivity index (χ4v) is 4.42. The van der Waals surface area contributed by atoms with Gasteiger partial charge in [-0.2, -0.15) is 0 Å². The third-order valence-electron chi connectivity index (χ3n) is 4.27. The number of hydrogen-bond acceptors (Lipinski definition) is 3. The van der Waals surface area contributed by atoms with E-state index in [1.165, 1.54) is 45.3 Å². The fraction of sp³-hybridized carbons (Fsp3) is 0.714. The van der Waals surface area contributed by atoms with Crippen LogP contribution in [-0.4, -0.2) is 31.6 Å². The summed E-state index contributed by atoms with van der Waals surface area (Å²) < 4.78 is 0. The Kier molecular flexibility index (Phi) is 3.50. The van der Waals surface area contributed by atoms with Crippen molar-refractivity contribution in [2.45, 2.75) is 31.7 Å². The van der Waals surface area contributed by atoms with Crippen molar-refractivity contribution in [2.75, 3.05) is 26.7 Å². The highest BCUT2D eigenvalue weighted by Crippen LogP contribution is 2.39. The molecule has 2 atom stereocenters. The first-order chi connectivity index (χ1) is 8.38. The molecular formula is C14H22N2S. The first kappa shape index (κ1) is 11.7. The van der Waals surface area contributed by atoms with Crippen LogP contribution in [0.25, 0.3) is 0 Å². The van der Waals surface area contributed by atoms with Crippen LogP contribution in [0.3, 0.4) is 0 Å². The normalized spacial score (nSPS) is 29.5. The van der Waals surface area contributed by atoms with Crippen molar-refractivity contribution < 1.29 is 0 Å². The highest BCUT2D eigenvalue weighted by atomic mass is 32.1. The van der Waals surface area contributed by atoms with Gasteiger partial charge in [0.1, 0.15) is 0 Å². The number of fused-ring (bicyclic) bond motifs is 1. The van der Waals surface area contributed by atoms with Crippen molar-refractivity contribution in [1.82, 2.24) is 10.2 Å². The molecule has 2 nitrogen and oxygen atoms in total. The standard InChI is InChI=1S/C14H22N2S/c1-15-9-11-5-7-16(10-11)13-3-2-4-14-12(13)6-8-17-14/h6,8,11,13,15H,2-5,7,9-10H2,1H3. The van der Waals surface area contributed by atoms with Gasteiger partial charge in [-0.1, -0.05) is 0 Å². The lowest BCUT2D eigenvalue weighted by molar-refractivity contribution is 0.214. The van der Waals surface area contributed by atoms with Gasteiger partial charge in [-0.15, -0.1) is 11.3 Å². The van der Waals surface area contributed by atoms with Crippen LogP contribution in [0, 0.1) is 5.92 Å². The van der Waals surface area contributed by atoms with Crippen LogP contribution >= 0.6 is 11.3 Å². The van der Waals surface area contributed by atoms with E-state index in [4.69, 9.17) is 0 Å². The first-order valence-corrected chi connectivity index (χ1v) is 7.71. The minimum Gasteiger partial charge on any atom is -0.319 e. The lowest BCUT2D eigenvalue weighted by Crippen LogP contribution is -2.30. The fourth-order valence-electron chi connectivity index (χ4n) is 3.44. The number of nitrogens with one attached hydrogen (secondary N) is 1. The summed E-state index contributed by atoms with van der Waals surface area (Å²) in [5.74, 6) is 0.865. The molecule has 2 unspecified atom stereocenters. The lowest BCUT2D eigenvalue weighted by atomic mass is 9.93. The topological polar surface area (TPSA) is 15.3 Å². The van der Waals surface area contributed by atoms with E-state index in [0.717, 1.165) is 12.0 Å². The Morgan fingerprint density at radius 2 is 2.41 bits per heavy atom. The number of likely N-dealkylation sites (tertiary alicyclic amines) is 1. The number of thiophene rings is 1. The van der Waals surface area contributed by atoms with Gasteiger partial charge in [-0.25, -0.2) is 0 Å². The van der Waals surface area contributed by atoms with E-state index < -0.39 is 0 Å². The second-order valence-electron chi connectivity index (χ2n) is 5.41. The quantitative estimate of drug-likeness (QED) is 0.887. The molecule has 0 radical (unpaired) electrons. The molecule has 1 saturated heterocycles. The van der Waals surface area contributed by atoms with Crippen molar-refractivity contribution in [3.8, 4) is 0 Å².